The standard InChI is InChI=1S/C21H20O6/c1-12(2)26-18(23)10-4-13-3-9-17-16(11-13)19(21(24)25)20(27-17)14-5-7-15(22)8-6-14/h3-12,19-20,22H,1-2H3,(H,24,25)/b10-4+/t19?,20-/m1/s1. The number of benzene rings is 2. The van der Waals surface area contributed by atoms with Gasteiger partial charge < -0.3 is 19.7 Å². The van der Waals surface area contributed by atoms with Crippen LogP contribution >= 0.6 is 0 Å². The first-order valence-electron chi connectivity index (χ1n) is 8.56. The molecule has 3 rings (SSSR count). The molecule has 0 spiro atoms. The van der Waals surface area contributed by atoms with Crippen molar-refractivity contribution >= 4 is 18.0 Å². The molecule has 2 aromatic carbocycles. The number of esters is 1. The van der Waals surface area contributed by atoms with E-state index in [9.17, 15) is 19.8 Å². The maximum absolute atomic E-state index is 11.9. The predicted molar refractivity (Wildman–Crippen MR) is 98.6 cm³/mol. The number of aliphatic carboxylic acids is 1. The van der Waals surface area contributed by atoms with Crippen molar-refractivity contribution in [2.75, 3.05) is 0 Å². The van der Waals surface area contributed by atoms with Crippen LogP contribution in [0.4, 0.5) is 0 Å². The van der Waals surface area contributed by atoms with Gasteiger partial charge in [0.15, 0.2) is 0 Å². The van der Waals surface area contributed by atoms with Gasteiger partial charge in [-0.1, -0.05) is 18.2 Å². The Bertz CT molecular complexity index is 882. The lowest BCUT2D eigenvalue weighted by Crippen LogP contribution is -2.18. The summed E-state index contributed by atoms with van der Waals surface area (Å²) in [5.74, 6) is -1.77. The van der Waals surface area contributed by atoms with E-state index in [1.165, 1.54) is 18.2 Å². The average Bonchev–Trinajstić information content (AvgIpc) is 2.99. The van der Waals surface area contributed by atoms with Crippen molar-refractivity contribution in [1.29, 1.82) is 0 Å². The number of phenols is 1. The second kappa shape index (κ2) is 7.53. The highest BCUT2D eigenvalue weighted by atomic mass is 16.5. The summed E-state index contributed by atoms with van der Waals surface area (Å²) in [6, 6.07) is 11.4. The van der Waals surface area contributed by atoms with Gasteiger partial charge in [0.25, 0.3) is 0 Å². The number of carboxylic acids is 1. The Balaban J connectivity index is 1.88. The Hall–Kier alpha value is -3.28. The van der Waals surface area contributed by atoms with Crippen LogP contribution in [0, 0.1) is 0 Å². The molecule has 6 nitrogen and oxygen atoms in total. The van der Waals surface area contributed by atoms with Crippen molar-refractivity contribution < 1.29 is 29.3 Å². The van der Waals surface area contributed by atoms with Gasteiger partial charge in [-0.15, -0.1) is 0 Å². The maximum Gasteiger partial charge on any atom is 0.331 e. The molecule has 2 N–H and O–H groups in total. The Morgan fingerprint density at radius 1 is 1.15 bits per heavy atom. The Morgan fingerprint density at radius 2 is 1.85 bits per heavy atom. The summed E-state index contributed by atoms with van der Waals surface area (Å²) in [4.78, 5) is 23.5. The summed E-state index contributed by atoms with van der Waals surface area (Å²) in [5.41, 5.74) is 1.88. The van der Waals surface area contributed by atoms with E-state index < -0.39 is 24.0 Å². The van der Waals surface area contributed by atoms with Gasteiger partial charge in [0.05, 0.1) is 6.10 Å². The summed E-state index contributed by atoms with van der Waals surface area (Å²) in [6.45, 7) is 3.53. The Kier molecular flexibility index (Phi) is 5.16. The van der Waals surface area contributed by atoms with E-state index in [4.69, 9.17) is 9.47 Å². The Morgan fingerprint density at radius 3 is 2.48 bits per heavy atom. The second-order valence-corrected chi connectivity index (χ2v) is 6.56. The van der Waals surface area contributed by atoms with Crippen LogP contribution in [0.3, 0.4) is 0 Å². The molecule has 1 aliphatic rings. The number of carbonyl (C=O) groups excluding carboxylic acids is 1. The zero-order valence-electron chi connectivity index (χ0n) is 15.0. The minimum absolute atomic E-state index is 0.0989. The van der Waals surface area contributed by atoms with Crippen molar-refractivity contribution in [1.82, 2.24) is 0 Å². The quantitative estimate of drug-likeness (QED) is 0.618. The van der Waals surface area contributed by atoms with Gasteiger partial charge in [0, 0.05) is 11.6 Å². The fourth-order valence-electron chi connectivity index (χ4n) is 3.01. The lowest BCUT2D eigenvalue weighted by Gasteiger charge is -2.16. The summed E-state index contributed by atoms with van der Waals surface area (Å²) >= 11 is 0. The first kappa shape index (κ1) is 18.5. The van der Waals surface area contributed by atoms with Crippen LogP contribution in [0.2, 0.25) is 0 Å². The second-order valence-electron chi connectivity index (χ2n) is 6.56. The summed E-state index contributed by atoms with van der Waals surface area (Å²) < 4.78 is 10.9. The number of fused-ring (bicyclic) bond motifs is 1. The molecule has 0 saturated carbocycles. The van der Waals surface area contributed by atoms with E-state index in [1.54, 1.807) is 50.3 Å². The monoisotopic (exact) mass is 368 g/mol. The van der Waals surface area contributed by atoms with E-state index >= 15 is 0 Å². The molecule has 0 aromatic heterocycles. The van der Waals surface area contributed by atoms with Crippen LogP contribution in [0.15, 0.2) is 48.5 Å². The maximum atomic E-state index is 11.9. The number of carboxylic acid groups (broad SMARTS) is 1. The van der Waals surface area contributed by atoms with Crippen LogP contribution < -0.4 is 4.74 Å². The molecule has 6 heteroatoms. The van der Waals surface area contributed by atoms with E-state index in [-0.39, 0.29) is 11.9 Å². The van der Waals surface area contributed by atoms with Crippen molar-refractivity contribution in [3.8, 4) is 11.5 Å². The third-order valence-corrected chi connectivity index (χ3v) is 4.18. The van der Waals surface area contributed by atoms with Crippen molar-refractivity contribution in [3.63, 3.8) is 0 Å². The van der Waals surface area contributed by atoms with Crippen LogP contribution in [0.5, 0.6) is 11.5 Å². The number of ether oxygens (including phenoxy) is 2. The molecule has 1 heterocycles. The minimum atomic E-state index is -1.01. The molecule has 0 bridgehead atoms. The van der Waals surface area contributed by atoms with Gasteiger partial charge in [-0.25, -0.2) is 4.79 Å². The van der Waals surface area contributed by atoms with E-state index in [0.29, 0.717) is 22.4 Å². The van der Waals surface area contributed by atoms with E-state index in [0.717, 1.165) is 0 Å². The number of carbonyl (C=O) groups is 2. The summed E-state index contributed by atoms with van der Waals surface area (Å²) in [5, 5.41) is 19.2. The third-order valence-electron chi connectivity index (χ3n) is 4.18. The molecule has 0 amide bonds. The van der Waals surface area contributed by atoms with Gasteiger partial charge in [-0.05, 0) is 55.3 Å². The SMILES string of the molecule is CC(C)OC(=O)/C=C/c1ccc2c(c1)C(C(=O)O)[C@@H](c1ccc(O)cc1)O2. The number of hydrogen-bond donors (Lipinski definition) is 2. The number of phenolic OH excluding ortho intramolecular Hbond substituents is 1. The molecule has 0 radical (unpaired) electrons. The van der Waals surface area contributed by atoms with E-state index in [1.807, 2.05) is 0 Å². The third kappa shape index (κ3) is 4.11. The first-order valence-corrected chi connectivity index (χ1v) is 8.56. The highest BCUT2D eigenvalue weighted by Crippen LogP contribution is 2.46. The molecule has 1 aliphatic heterocycles. The van der Waals surface area contributed by atoms with Crippen LogP contribution in [-0.2, 0) is 14.3 Å². The van der Waals surface area contributed by atoms with Crippen molar-refractivity contribution in [2.45, 2.75) is 32.0 Å². The molecular formula is C21H20O6. The van der Waals surface area contributed by atoms with Crippen molar-refractivity contribution in [3.05, 3.63) is 65.2 Å². The first-order chi connectivity index (χ1) is 12.8. The topological polar surface area (TPSA) is 93.1 Å². The highest BCUT2D eigenvalue weighted by molar-refractivity contribution is 5.87. The molecule has 27 heavy (non-hydrogen) atoms. The largest absolute Gasteiger partial charge is 0.508 e. The molecule has 1 unspecified atom stereocenters. The van der Waals surface area contributed by atoms with Crippen LogP contribution in [0.25, 0.3) is 6.08 Å². The molecule has 2 atom stereocenters. The Labute approximate surface area is 156 Å². The molecule has 0 fully saturated rings. The predicted octanol–water partition coefficient (Wildman–Crippen LogP) is 3.66. The zero-order chi connectivity index (χ0) is 19.6. The molecule has 2 aromatic rings. The van der Waals surface area contributed by atoms with Gasteiger partial charge >= 0.3 is 11.9 Å². The lowest BCUT2D eigenvalue weighted by molar-refractivity contribution is -0.141. The number of rotatable bonds is 5. The molecular weight excluding hydrogens is 348 g/mol. The molecule has 140 valence electrons. The highest BCUT2D eigenvalue weighted by Gasteiger charge is 2.40. The number of aromatic hydroxyl groups is 1. The smallest absolute Gasteiger partial charge is 0.331 e. The molecule has 0 aliphatic carbocycles. The van der Waals surface area contributed by atoms with Crippen LogP contribution in [-0.4, -0.2) is 28.3 Å². The van der Waals surface area contributed by atoms with Crippen LogP contribution in [0.1, 0.15) is 42.6 Å². The lowest BCUT2D eigenvalue weighted by atomic mass is 9.90. The average molecular weight is 368 g/mol. The zero-order valence-corrected chi connectivity index (χ0v) is 15.0. The normalized spacial score (nSPS) is 18.3. The fraction of sp³-hybridized carbons (Fsp3) is 0.238. The van der Waals surface area contributed by atoms with Gasteiger partial charge in [0.2, 0.25) is 0 Å². The van der Waals surface area contributed by atoms with Crippen molar-refractivity contribution in [2.24, 2.45) is 0 Å². The summed E-state index contributed by atoms with van der Waals surface area (Å²) in [7, 11) is 0. The van der Waals surface area contributed by atoms with E-state index in [2.05, 4.69) is 0 Å². The van der Waals surface area contributed by atoms with Gasteiger partial charge in [-0.2, -0.15) is 0 Å². The summed E-state index contributed by atoms with van der Waals surface area (Å²) in [6.07, 6.45) is 1.99. The van der Waals surface area contributed by atoms with Gasteiger partial charge in [0.1, 0.15) is 23.5 Å². The number of hydrogen-bond acceptors (Lipinski definition) is 5. The minimum Gasteiger partial charge on any atom is -0.508 e. The molecule has 0 saturated heterocycles. The van der Waals surface area contributed by atoms with Gasteiger partial charge in [-0.3, -0.25) is 4.79 Å². The fourth-order valence-corrected chi connectivity index (χ4v) is 3.01.